The third-order valence-corrected chi connectivity index (χ3v) is 4.03. The van der Waals surface area contributed by atoms with Crippen LogP contribution >= 0.6 is 11.6 Å². The molecule has 1 heterocycles. The van der Waals surface area contributed by atoms with Gasteiger partial charge in [0.05, 0.1) is 18.4 Å². The summed E-state index contributed by atoms with van der Waals surface area (Å²) in [6.07, 6.45) is 3.36. The smallest absolute Gasteiger partial charge is 0.262 e. The molecular formula is C19H18ClN3O2. The highest BCUT2D eigenvalue weighted by Crippen LogP contribution is 2.17. The van der Waals surface area contributed by atoms with Gasteiger partial charge in [0.15, 0.2) is 6.61 Å². The zero-order chi connectivity index (χ0) is 17.6. The SMILES string of the molecule is Cc1ccccc1OCC(=O)Nc1cnn(Cc2ccccc2Cl)c1. The predicted octanol–water partition coefficient (Wildman–Crippen LogP) is 3.91. The average Bonchev–Trinajstić information content (AvgIpc) is 3.03. The zero-order valence-electron chi connectivity index (χ0n) is 13.8. The van der Waals surface area contributed by atoms with Gasteiger partial charge in [-0.1, -0.05) is 48.0 Å². The predicted molar refractivity (Wildman–Crippen MR) is 98.1 cm³/mol. The average molecular weight is 356 g/mol. The Bertz CT molecular complexity index is 876. The van der Waals surface area contributed by atoms with Crippen molar-refractivity contribution < 1.29 is 9.53 Å². The molecule has 0 aliphatic carbocycles. The third kappa shape index (κ3) is 4.61. The summed E-state index contributed by atoms with van der Waals surface area (Å²) < 4.78 is 7.25. The van der Waals surface area contributed by atoms with Gasteiger partial charge in [-0.05, 0) is 30.2 Å². The summed E-state index contributed by atoms with van der Waals surface area (Å²) in [5.74, 6) is 0.465. The monoisotopic (exact) mass is 355 g/mol. The summed E-state index contributed by atoms with van der Waals surface area (Å²) in [6, 6.07) is 15.2. The molecule has 128 valence electrons. The van der Waals surface area contributed by atoms with Crippen LogP contribution in [0.15, 0.2) is 60.9 Å². The van der Waals surface area contributed by atoms with E-state index in [2.05, 4.69) is 10.4 Å². The van der Waals surface area contributed by atoms with Gasteiger partial charge in [-0.2, -0.15) is 5.10 Å². The van der Waals surface area contributed by atoms with Crippen LogP contribution in [0.25, 0.3) is 0 Å². The number of hydrogen-bond donors (Lipinski definition) is 1. The number of ether oxygens (including phenoxy) is 1. The molecule has 2 aromatic carbocycles. The van der Waals surface area contributed by atoms with E-state index < -0.39 is 0 Å². The van der Waals surface area contributed by atoms with Crippen LogP contribution in [0.2, 0.25) is 5.02 Å². The Balaban J connectivity index is 1.55. The summed E-state index contributed by atoms with van der Waals surface area (Å²) >= 11 is 6.15. The fourth-order valence-electron chi connectivity index (χ4n) is 2.37. The van der Waals surface area contributed by atoms with E-state index in [0.717, 1.165) is 11.1 Å². The minimum absolute atomic E-state index is 0.0550. The summed E-state index contributed by atoms with van der Waals surface area (Å²) in [5, 5.41) is 7.70. The second kappa shape index (κ2) is 7.85. The maximum atomic E-state index is 12.0. The first-order valence-electron chi connectivity index (χ1n) is 7.86. The Hall–Kier alpha value is -2.79. The highest BCUT2D eigenvalue weighted by atomic mass is 35.5. The minimum Gasteiger partial charge on any atom is -0.483 e. The molecule has 1 amide bonds. The van der Waals surface area contributed by atoms with Gasteiger partial charge in [-0.3, -0.25) is 9.48 Å². The van der Waals surface area contributed by atoms with Crippen molar-refractivity contribution in [2.75, 3.05) is 11.9 Å². The lowest BCUT2D eigenvalue weighted by Crippen LogP contribution is -2.20. The highest BCUT2D eigenvalue weighted by molar-refractivity contribution is 6.31. The van der Waals surface area contributed by atoms with Crippen molar-refractivity contribution in [3.05, 3.63) is 77.1 Å². The van der Waals surface area contributed by atoms with E-state index in [4.69, 9.17) is 16.3 Å². The van der Waals surface area contributed by atoms with Gasteiger partial charge in [-0.15, -0.1) is 0 Å². The molecule has 0 radical (unpaired) electrons. The number of hydrogen-bond acceptors (Lipinski definition) is 3. The quantitative estimate of drug-likeness (QED) is 0.729. The molecule has 0 saturated heterocycles. The van der Waals surface area contributed by atoms with Crippen molar-refractivity contribution in [3.8, 4) is 5.75 Å². The highest BCUT2D eigenvalue weighted by Gasteiger charge is 2.08. The second-order valence-corrected chi connectivity index (χ2v) is 6.03. The summed E-state index contributed by atoms with van der Waals surface area (Å²) in [7, 11) is 0. The van der Waals surface area contributed by atoms with Crippen molar-refractivity contribution in [1.29, 1.82) is 0 Å². The molecular weight excluding hydrogens is 338 g/mol. The second-order valence-electron chi connectivity index (χ2n) is 5.62. The molecule has 6 heteroatoms. The number of amides is 1. The molecule has 0 aliphatic rings. The Morgan fingerprint density at radius 1 is 1.20 bits per heavy atom. The molecule has 5 nitrogen and oxygen atoms in total. The molecule has 0 aliphatic heterocycles. The van der Waals surface area contributed by atoms with Gasteiger partial charge in [0.2, 0.25) is 0 Å². The number of halogens is 1. The number of rotatable bonds is 6. The van der Waals surface area contributed by atoms with E-state index in [9.17, 15) is 4.79 Å². The van der Waals surface area contributed by atoms with Gasteiger partial charge in [0.25, 0.3) is 5.91 Å². The van der Waals surface area contributed by atoms with Crippen LogP contribution in [-0.2, 0) is 11.3 Å². The van der Waals surface area contributed by atoms with Crippen LogP contribution in [0.3, 0.4) is 0 Å². The molecule has 0 fully saturated rings. The lowest BCUT2D eigenvalue weighted by atomic mass is 10.2. The lowest BCUT2D eigenvalue weighted by Gasteiger charge is -2.08. The minimum atomic E-state index is -0.236. The standard InChI is InChI=1S/C19H18ClN3O2/c1-14-6-2-5-9-18(14)25-13-19(24)22-16-10-21-23(12-16)11-15-7-3-4-8-17(15)20/h2-10,12H,11,13H2,1H3,(H,22,24). The fourth-order valence-corrected chi connectivity index (χ4v) is 2.57. The Labute approximate surface area is 151 Å². The topological polar surface area (TPSA) is 56.1 Å². The number of aromatic nitrogens is 2. The van der Waals surface area contributed by atoms with E-state index in [1.807, 2.05) is 55.5 Å². The van der Waals surface area contributed by atoms with Crippen molar-refractivity contribution >= 4 is 23.2 Å². The van der Waals surface area contributed by atoms with Crippen molar-refractivity contribution in [3.63, 3.8) is 0 Å². The number of para-hydroxylation sites is 1. The maximum absolute atomic E-state index is 12.0. The number of benzene rings is 2. The summed E-state index contributed by atoms with van der Waals surface area (Å²) in [5.41, 5.74) is 2.57. The van der Waals surface area contributed by atoms with Gasteiger partial charge >= 0.3 is 0 Å². The van der Waals surface area contributed by atoms with Gasteiger partial charge < -0.3 is 10.1 Å². The number of nitrogens with one attached hydrogen (secondary N) is 1. The van der Waals surface area contributed by atoms with Crippen molar-refractivity contribution in [1.82, 2.24) is 9.78 Å². The Morgan fingerprint density at radius 3 is 2.76 bits per heavy atom. The normalized spacial score (nSPS) is 10.5. The third-order valence-electron chi connectivity index (χ3n) is 3.66. The van der Waals surface area contributed by atoms with Crippen molar-refractivity contribution in [2.45, 2.75) is 13.5 Å². The van der Waals surface area contributed by atoms with E-state index in [0.29, 0.717) is 23.0 Å². The molecule has 0 atom stereocenters. The Kier molecular flexibility index (Phi) is 5.36. The molecule has 0 spiro atoms. The largest absolute Gasteiger partial charge is 0.483 e. The number of carbonyl (C=O) groups excluding carboxylic acids is 1. The van der Waals surface area contributed by atoms with Crippen LogP contribution < -0.4 is 10.1 Å². The summed E-state index contributed by atoms with van der Waals surface area (Å²) in [4.78, 5) is 12.0. The molecule has 0 unspecified atom stereocenters. The number of anilines is 1. The molecule has 0 bridgehead atoms. The molecule has 25 heavy (non-hydrogen) atoms. The van der Waals surface area contributed by atoms with Crippen LogP contribution in [0, 0.1) is 6.92 Å². The van der Waals surface area contributed by atoms with Gasteiger partial charge in [0, 0.05) is 11.2 Å². The molecule has 3 aromatic rings. The van der Waals surface area contributed by atoms with Crippen molar-refractivity contribution in [2.24, 2.45) is 0 Å². The van der Waals surface area contributed by atoms with Crippen LogP contribution in [0.4, 0.5) is 5.69 Å². The first-order chi connectivity index (χ1) is 12.1. The zero-order valence-corrected chi connectivity index (χ0v) is 14.5. The Morgan fingerprint density at radius 2 is 1.96 bits per heavy atom. The van der Waals surface area contributed by atoms with Crippen LogP contribution in [0.5, 0.6) is 5.75 Å². The van der Waals surface area contributed by atoms with Gasteiger partial charge in [-0.25, -0.2) is 0 Å². The van der Waals surface area contributed by atoms with E-state index in [1.165, 1.54) is 0 Å². The molecule has 1 aromatic heterocycles. The first-order valence-corrected chi connectivity index (χ1v) is 8.24. The molecule has 1 N–H and O–H groups in total. The maximum Gasteiger partial charge on any atom is 0.262 e. The van der Waals surface area contributed by atoms with Gasteiger partial charge in [0.1, 0.15) is 5.75 Å². The van der Waals surface area contributed by atoms with Crippen LogP contribution in [-0.4, -0.2) is 22.3 Å². The lowest BCUT2D eigenvalue weighted by molar-refractivity contribution is -0.118. The number of nitrogens with zero attached hydrogens (tertiary/aromatic N) is 2. The van der Waals surface area contributed by atoms with Crippen LogP contribution in [0.1, 0.15) is 11.1 Å². The number of aryl methyl sites for hydroxylation is 1. The molecule has 0 saturated carbocycles. The van der Waals surface area contributed by atoms with E-state index in [-0.39, 0.29) is 12.5 Å². The molecule has 3 rings (SSSR count). The summed E-state index contributed by atoms with van der Waals surface area (Å²) in [6.45, 7) is 2.42. The van der Waals surface area contributed by atoms with E-state index >= 15 is 0 Å². The first kappa shape index (κ1) is 17.0. The number of carbonyl (C=O) groups is 1. The van der Waals surface area contributed by atoms with E-state index in [1.54, 1.807) is 17.1 Å². The fraction of sp³-hybridized carbons (Fsp3) is 0.158.